The van der Waals surface area contributed by atoms with Crippen LogP contribution >= 0.6 is 11.3 Å². The Hall–Kier alpha value is -1.29. The number of nitrogens with zero attached hydrogens (tertiary/aromatic N) is 1. The van der Waals surface area contributed by atoms with E-state index in [-0.39, 0.29) is 5.91 Å². The van der Waals surface area contributed by atoms with Crippen LogP contribution in [0.15, 0.2) is 17.5 Å². The van der Waals surface area contributed by atoms with Gasteiger partial charge in [-0.3, -0.25) is 4.79 Å². The number of aromatic nitrogens is 1. The fraction of sp³-hybridized carbons (Fsp3) is 0.417. The Morgan fingerprint density at radius 3 is 3.12 bits per heavy atom. The van der Waals surface area contributed by atoms with Crippen LogP contribution in [-0.4, -0.2) is 16.5 Å². The van der Waals surface area contributed by atoms with Crippen molar-refractivity contribution in [2.75, 3.05) is 0 Å². The Bertz CT molecular complexity index is 536. The summed E-state index contributed by atoms with van der Waals surface area (Å²) < 4.78 is 3.28. The van der Waals surface area contributed by atoms with E-state index in [0.717, 1.165) is 25.1 Å². The molecule has 1 N–H and O–H groups in total. The molecule has 1 aliphatic rings. The molecule has 1 saturated carbocycles. The third-order valence-electron chi connectivity index (χ3n) is 2.98. The fourth-order valence-electron chi connectivity index (χ4n) is 1.99. The van der Waals surface area contributed by atoms with Gasteiger partial charge in [-0.25, -0.2) is 0 Å². The van der Waals surface area contributed by atoms with Gasteiger partial charge >= 0.3 is 0 Å². The van der Waals surface area contributed by atoms with E-state index in [1.54, 1.807) is 11.3 Å². The average molecular weight is 234 g/mol. The van der Waals surface area contributed by atoms with Crippen molar-refractivity contribution in [1.82, 2.24) is 9.88 Å². The van der Waals surface area contributed by atoms with Crippen LogP contribution in [0.25, 0.3) is 10.2 Å². The molecule has 3 nitrogen and oxygen atoms in total. The maximum Gasteiger partial charge on any atom is 0.268 e. The molecule has 0 unspecified atom stereocenters. The predicted octanol–water partition coefficient (Wildman–Crippen LogP) is 2.61. The van der Waals surface area contributed by atoms with Crippen LogP contribution < -0.4 is 5.32 Å². The molecule has 2 heterocycles. The van der Waals surface area contributed by atoms with Crippen LogP contribution in [0.2, 0.25) is 0 Å². The zero-order valence-corrected chi connectivity index (χ0v) is 10.0. The Balaban J connectivity index is 2.00. The number of carbonyl (C=O) groups is 1. The van der Waals surface area contributed by atoms with E-state index in [1.807, 2.05) is 6.07 Å². The van der Waals surface area contributed by atoms with E-state index < -0.39 is 0 Å². The molecule has 2 aromatic heterocycles. The van der Waals surface area contributed by atoms with Crippen molar-refractivity contribution < 1.29 is 4.79 Å². The van der Waals surface area contributed by atoms with Gasteiger partial charge in [0.05, 0.1) is 10.2 Å². The van der Waals surface area contributed by atoms with Crippen LogP contribution in [0.4, 0.5) is 0 Å². The summed E-state index contributed by atoms with van der Waals surface area (Å²) in [5.74, 6) is 0.0766. The van der Waals surface area contributed by atoms with Gasteiger partial charge < -0.3 is 9.88 Å². The fourth-order valence-corrected chi connectivity index (χ4v) is 2.82. The number of carbonyl (C=O) groups excluding carboxylic acids is 1. The molecule has 0 saturated heterocycles. The molecule has 0 aromatic carbocycles. The molecule has 3 rings (SSSR count). The summed E-state index contributed by atoms with van der Waals surface area (Å²) in [4.78, 5) is 12.0. The minimum absolute atomic E-state index is 0.0766. The molecule has 0 atom stereocenters. The maximum atomic E-state index is 12.0. The highest BCUT2D eigenvalue weighted by atomic mass is 32.1. The lowest BCUT2D eigenvalue weighted by Gasteiger charge is -2.07. The van der Waals surface area contributed by atoms with Gasteiger partial charge in [0.25, 0.3) is 5.91 Å². The van der Waals surface area contributed by atoms with Crippen LogP contribution in [0, 0.1) is 0 Å². The third kappa shape index (κ3) is 1.53. The predicted molar refractivity (Wildman–Crippen MR) is 66.0 cm³/mol. The molecule has 0 bridgehead atoms. The van der Waals surface area contributed by atoms with Gasteiger partial charge in [0.2, 0.25) is 0 Å². The van der Waals surface area contributed by atoms with Gasteiger partial charge in [0.15, 0.2) is 0 Å². The lowest BCUT2D eigenvalue weighted by atomic mass is 10.4. The topological polar surface area (TPSA) is 34.0 Å². The quantitative estimate of drug-likeness (QED) is 0.870. The van der Waals surface area contributed by atoms with Crippen LogP contribution in [0.3, 0.4) is 0 Å². The molecular weight excluding hydrogens is 220 g/mol. The van der Waals surface area contributed by atoms with Gasteiger partial charge in [0, 0.05) is 12.6 Å². The Morgan fingerprint density at radius 1 is 1.62 bits per heavy atom. The van der Waals surface area contributed by atoms with Gasteiger partial charge in [-0.1, -0.05) is 0 Å². The Morgan fingerprint density at radius 2 is 2.44 bits per heavy atom. The summed E-state index contributed by atoms with van der Waals surface area (Å²) in [6, 6.07) is 4.50. The molecule has 1 amide bonds. The Labute approximate surface area is 98.1 Å². The lowest BCUT2D eigenvalue weighted by molar-refractivity contribution is 0.0942. The molecule has 2 aromatic rings. The van der Waals surface area contributed by atoms with Crippen molar-refractivity contribution in [3.63, 3.8) is 0 Å². The van der Waals surface area contributed by atoms with E-state index in [2.05, 4.69) is 28.3 Å². The highest BCUT2D eigenvalue weighted by Gasteiger charge is 2.25. The highest BCUT2D eigenvalue weighted by Crippen LogP contribution is 2.26. The zero-order chi connectivity index (χ0) is 11.1. The van der Waals surface area contributed by atoms with Crippen molar-refractivity contribution in [2.24, 2.45) is 0 Å². The number of nitrogens with one attached hydrogen (secondary N) is 1. The van der Waals surface area contributed by atoms with E-state index in [4.69, 9.17) is 0 Å². The normalized spacial score (nSPS) is 15.6. The highest BCUT2D eigenvalue weighted by molar-refractivity contribution is 7.17. The summed E-state index contributed by atoms with van der Waals surface area (Å²) >= 11 is 1.69. The number of amides is 1. The first-order valence-corrected chi connectivity index (χ1v) is 6.55. The summed E-state index contributed by atoms with van der Waals surface area (Å²) in [5.41, 5.74) is 1.98. The first kappa shape index (κ1) is 9.90. The minimum atomic E-state index is 0.0766. The van der Waals surface area contributed by atoms with Crippen LogP contribution in [0.1, 0.15) is 30.3 Å². The number of hydrogen-bond acceptors (Lipinski definition) is 2. The van der Waals surface area contributed by atoms with Crippen molar-refractivity contribution >= 4 is 27.5 Å². The van der Waals surface area contributed by atoms with Crippen molar-refractivity contribution in [3.8, 4) is 0 Å². The number of rotatable bonds is 3. The standard InChI is InChI=1S/C12H14N2OS/c1-2-14-9-5-6-16-11(9)7-10(14)12(15)13-8-3-4-8/h5-8H,2-4H2,1H3,(H,13,15). The second kappa shape index (κ2) is 3.63. The lowest BCUT2D eigenvalue weighted by Crippen LogP contribution is -2.27. The molecule has 16 heavy (non-hydrogen) atoms. The molecule has 4 heteroatoms. The number of thiophene rings is 1. The largest absolute Gasteiger partial charge is 0.348 e. The summed E-state index contributed by atoms with van der Waals surface area (Å²) in [5, 5.41) is 5.11. The smallest absolute Gasteiger partial charge is 0.268 e. The number of fused-ring (bicyclic) bond motifs is 1. The Kier molecular flexibility index (Phi) is 2.24. The summed E-state index contributed by atoms with van der Waals surface area (Å²) in [6.07, 6.45) is 2.26. The summed E-state index contributed by atoms with van der Waals surface area (Å²) in [7, 11) is 0. The SMILES string of the molecule is CCn1c(C(=O)NC2CC2)cc2sccc21. The number of aryl methyl sites for hydroxylation is 1. The molecule has 0 spiro atoms. The van der Waals surface area contributed by atoms with Crippen LogP contribution in [-0.2, 0) is 6.54 Å². The van der Waals surface area contributed by atoms with E-state index >= 15 is 0 Å². The second-order valence-corrected chi connectivity index (χ2v) is 5.14. The molecule has 0 radical (unpaired) electrons. The van der Waals surface area contributed by atoms with Gasteiger partial charge in [-0.15, -0.1) is 11.3 Å². The maximum absolute atomic E-state index is 12.0. The van der Waals surface area contributed by atoms with Gasteiger partial charge in [-0.2, -0.15) is 0 Å². The molecule has 1 fully saturated rings. The monoisotopic (exact) mass is 234 g/mol. The number of hydrogen-bond donors (Lipinski definition) is 1. The van der Waals surface area contributed by atoms with Crippen LogP contribution in [0.5, 0.6) is 0 Å². The van der Waals surface area contributed by atoms with Crippen molar-refractivity contribution in [2.45, 2.75) is 32.4 Å². The molecule has 0 aliphatic heterocycles. The van der Waals surface area contributed by atoms with E-state index in [1.165, 1.54) is 10.2 Å². The van der Waals surface area contributed by atoms with Crippen molar-refractivity contribution in [3.05, 3.63) is 23.2 Å². The van der Waals surface area contributed by atoms with Gasteiger partial charge in [0.1, 0.15) is 5.69 Å². The second-order valence-electron chi connectivity index (χ2n) is 4.19. The molecule has 1 aliphatic carbocycles. The minimum Gasteiger partial charge on any atom is -0.348 e. The van der Waals surface area contributed by atoms with E-state index in [0.29, 0.717) is 6.04 Å². The van der Waals surface area contributed by atoms with Gasteiger partial charge in [-0.05, 0) is 37.3 Å². The van der Waals surface area contributed by atoms with E-state index in [9.17, 15) is 4.79 Å². The zero-order valence-electron chi connectivity index (χ0n) is 9.19. The average Bonchev–Trinajstić information content (AvgIpc) is 2.85. The first-order valence-electron chi connectivity index (χ1n) is 5.67. The first-order chi connectivity index (χ1) is 7.79. The molecule has 84 valence electrons. The van der Waals surface area contributed by atoms with Crippen molar-refractivity contribution in [1.29, 1.82) is 0 Å². The molecular formula is C12H14N2OS. The third-order valence-corrected chi connectivity index (χ3v) is 3.84. The summed E-state index contributed by atoms with van der Waals surface area (Å²) in [6.45, 7) is 2.92.